The molecule has 5 heteroatoms. The minimum atomic E-state index is -0.152. The Morgan fingerprint density at radius 3 is 2.76 bits per heavy atom. The van der Waals surface area contributed by atoms with E-state index in [1.165, 1.54) is 12.8 Å². The minimum Gasteiger partial charge on any atom is -0.497 e. The summed E-state index contributed by atoms with van der Waals surface area (Å²) in [5.74, 6) is 0.674. The largest absolute Gasteiger partial charge is 0.497 e. The van der Waals surface area contributed by atoms with E-state index < -0.39 is 0 Å². The molecular formula is C20H27N3O2. The van der Waals surface area contributed by atoms with Gasteiger partial charge in [-0.05, 0) is 42.7 Å². The molecule has 0 aliphatic heterocycles. The molecule has 5 nitrogen and oxygen atoms in total. The van der Waals surface area contributed by atoms with Crippen LogP contribution in [0.4, 0.5) is 5.69 Å². The van der Waals surface area contributed by atoms with Crippen molar-refractivity contribution in [2.24, 2.45) is 0 Å². The van der Waals surface area contributed by atoms with Gasteiger partial charge in [-0.15, -0.1) is 0 Å². The van der Waals surface area contributed by atoms with E-state index in [2.05, 4.69) is 22.5 Å². The zero-order chi connectivity index (χ0) is 17.9. The molecule has 0 aliphatic carbocycles. The summed E-state index contributed by atoms with van der Waals surface area (Å²) in [5, 5.41) is 6.22. The fraction of sp³-hybridized carbons (Fsp3) is 0.400. The fourth-order valence-corrected chi connectivity index (χ4v) is 2.48. The van der Waals surface area contributed by atoms with Crippen molar-refractivity contribution in [1.29, 1.82) is 0 Å². The second-order valence-corrected chi connectivity index (χ2v) is 5.92. The monoisotopic (exact) mass is 341 g/mol. The smallest absolute Gasteiger partial charge is 0.269 e. The highest BCUT2D eigenvalue weighted by Crippen LogP contribution is 2.12. The molecule has 0 bridgehead atoms. The first-order valence-corrected chi connectivity index (χ1v) is 8.84. The summed E-state index contributed by atoms with van der Waals surface area (Å²) >= 11 is 0. The van der Waals surface area contributed by atoms with Crippen molar-refractivity contribution < 1.29 is 9.53 Å². The van der Waals surface area contributed by atoms with Crippen molar-refractivity contribution in [3.8, 4) is 5.75 Å². The van der Waals surface area contributed by atoms with E-state index in [1.807, 2.05) is 30.3 Å². The van der Waals surface area contributed by atoms with Crippen LogP contribution in [0.25, 0.3) is 0 Å². The second-order valence-electron chi connectivity index (χ2n) is 5.92. The third-order valence-corrected chi connectivity index (χ3v) is 3.94. The molecule has 0 aliphatic rings. The van der Waals surface area contributed by atoms with Crippen LogP contribution in [-0.2, 0) is 6.42 Å². The van der Waals surface area contributed by atoms with Crippen molar-refractivity contribution in [3.05, 3.63) is 53.9 Å². The van der Waals surface area contributed by atoms with E-state index in [-0.39, 0.29) is 5.91 Å². The van der Waals surface area contributed by atoms with E-state index >= 15 is 0 Å². The van der Waals surface area contributed by atoms with Gasteiger partial charge < -0.3 is 15.4 Å². The Kier molecular flexibility index (Phi) is 7.76. The molecule has 0 saturated heterocycles. The number of hydrogen-bond donors (Lipinski definition) is 2. The number of methoxy groups -OCH3 is 1. The predicted molar refractivity (Wildman–Crippen MR) is 101 cm³/mol. The average molecular weight is 341 g/mol. The maximum Gasteiger partial charge on any atom is 0.269 e. The zero-order valence-electron chi connectivity index (χ0n) is 15.0. The first-order chi connectivity index (χ1) is 12.2. The van der Waals surface area contributed by atoms with Crippen LogP contribution in [0.1, 0.15) is 42.2 Å². The van der Waals surface area contributed by atoms with Gasteiger partial charge in [0.05, 0.1) is 19.0 Å². The topological polar surface area (TPSA) is 63.2 Å². The van der Waals surface area contributed by atoms with Crippen molar-refractivity contribution in [1.82, 2.24) is 10.3 Å². The standard InChI is InChI=1S/C20H27N3O2/c1-3-4-5-12-21-17-9-10-19(23-15-17)20(24)22-13-11-16-7-6-8-18(14-16)25-2/h6-10,14-15,21H,3-5,11-13H2,1-2H3,(H,22,24). The lowest BCUT2D eigenvalue weighted by Crippen LogP contribution is -2.26. The highest BCUT2D eigenvalue weighted by atomic mass is 16.5. The molecule has 2 N–H and O–H groups in total. The van der Waals surface area contributed by atoms with E-state index in [0.717, 1.165) is 36.4 Å². The number of pyridine rings is 1. The maximum absolute atomic E-state index is 12.1. The van der Waals surface area contributed by atoms with Gasteiger partial charge in [-0.25, -0.2) is 4.98 Å². The van der Waals surface area contributed by atoms with Gasteiger partial charge in [0, 0.05) is 13.1 Å². The molecule has 0 spiro atoms. The Bertz CT molecular complexity index is 656. The van der Waals surface area contributed by atoms with Gasteiger partial charge in [0.1, 0.15) is 11.4 Å². The molecule has 134 valence electrons. The van der Waals surface area contributed by atoms with Crippen molar-refractivity contribution in [3.63, 3.8) is 0 Å². The summed E-state index contributed by atoms with van der Waals surface area (Å²) in [4.78, 5) is 16.4. The molecule has 0 radical (unpaired) electrons. The summed E-state index contributed by atoms with van der Waals surface area (Å²) in [5.41, 5.74) is 2.51. The molecule has 0 saturated carbocycles. The molecule has 1 aromatic carbocycles. The van der Waals surface area contributed by atoms with Gasteiger partial charge in [-0.1, -0.05) is 31.9 Å². The summed E-state index contributed by atoms with van der Waals surface area (Å²) in [7, 11) is 1.65. The van der Waals surface area contributed by atoms with Crippen LogP contribution in [0, 0.1) is 0 Å². The zero-order valence-corrected chi connectivity index (χ0v) is 15.0. The number of ether oxygens (including phenoxy) is 1. The van der Waals surface area contributed by atoms with Crippen LogP contribution in [0.3, 0.4) is 0 Å². The number of benzene rings is 1. The van der Waals surface area contributed by atoms with Gasteiger partial charge in [-0.3, -0.25) is 4.79 Å². The Hall–Kier alpha value is -2.56. The molecule has 1 amide bonds. The Labute approximate surface area is 149 Å². The summed E-state index contributed by atoms with van der Waals surface area (Å²) in [6, 6.07) is 11.5. The first kappa shape index (κ1) is 18.8. The molecule has 2 rings (SSSR count). The number of amides is 1. The van der Waals surface area contributed by atoms with E-state index in [9.17, 15) is 4.79 Å². The van der Waals surface area contributed by atoms with E-state index in [1.54, 1.807) is 19.4 Å². The number of rotatable bonds is 10. The third-order valence-electron chi connectivity index (χ3n) is 3.94. The highest BCUT2D eigenvalue weighted by Gasteiger charge is 2.06. The maximum atomic E-state index is 12.1. The van der Waals surface area contributed by atoms with Crippen molar-refractivity contribution in [2.45, 2.75) is 32.6 Å². The van der Waals surface area contributed by atoms with Crippen molar-refractivity contribution >= 4 is 11.6 Å². The summed E-state index contributed by atoms with van der Waals surface area (Å²) < 4.78 is 5.20. The number of hydrogen-bond acceptors (Lipinski definition) is 4. The first-order valence-electron chi connectivity index (χ1n) is 8.84. The highest BCUT2D eigenvalue weighted by molar-refractivity contribution is 5.92. The van der Waals surface area contributed by atoms with Gasteiger partial charge in [0.2, 0.25) is 0 Å². The molecule has 0 fully saturated rings. The van der Waals surface area contributed by atoms with Gasteiger partial charge >= 0.3 is 0 Å². The number of anilines is 1. The molecule has 0 unspecified atom stereocenters. The lowest BCUT2D eigenvalue weighted by atomic mass is 10.1. The Balaban J connectivity index is 1.76. The summed E-state index contributed by atoms with van der Waals surface area (Å²) in [6.07, 6.45) is 6.02. The number of unbranched alkanes of at least 4 members (excludes halogenated alkanes) is 2. The van der Waals surface area contributed by atoms with Crippen LogP contribution in [-0.4, -0.2) is 31.1 Å². The predicted octanol–water partition coefficient (Wildman–Crippen LogP) is 3.66. The van der Waals surface area contributed by atoms with Crippen LogP contribution >= 0.6 is 0 Å². The molecular weight excluding hydrogens is 314 g/mol. The minimum absolute atomic E-state index is 0.152. The molecule has 1 aromatic heterocycles. The molecule has 0 atom stereocenters. The normalized spacial score (nSPS) is 10.3. The van der Waals surface area contributed by atoms with E-state index in [0.29, 0.717) is 12.2 Å². The average Bonchev–Trinajstić information content (AvgIpc) is 2.66. The summed E-state index contributed by atoms with van der Waals surface area (Å²) in [6.45, 7) is 3.68. The van der Waals surface area contributed by atoms with Crippen LogP contribution in [0.2, 0.25) is 0 Å². The number of nitrogens with one attached hydrogen (secondary N) is 2. The SMILES string of the molecule is CCCCCNc1ccc(C(=O)NCCc2cccc(OC)c2)nc1. The Morgan fingerprint density at radius 1 is 1.16 bits per heavy atom. The number of carbonyl (C=O) groups excluding carboxylic acids is 1. The van der Waals surface area contributed by atoms with Gasteiger partial charge in [0.25, 0.3) is 5.91 Å². The Morgan fingerprint density at radius 2 is 2.04 bits per heavy atom. The van der Waals surface area contributed by atoms with Crippen LogP contribution in [0.15, 0.2) is 42.6 Å². The molecule has 25 heavy (non-hydrogen) atoms. The molecule has 2 aromatic rings. The van der Waals surface area contributed by atoms with Crippen LogP contribution < -0.4 is 15.4 Å². The second kappa shape index (κ2) is 10.3. The number of carbonyl (C=O) groups is 1. The third kappa shape index (κ3) is 6.45. The van der Waals surface area contributed by atoms with Gasteiger partial charge in [0.15, 0.2) is 0 Å². The fourth-order valence-electron chi connectivity index (χ4n) is 2.48. The van der Waals surface area contributed by atoms with E-state index in [4.69, 9.17) is 4.74 Å². The van der Waals surface area contributed by atoms with Gasteiger partial charge in [-0.2, -0.15) is 0 Å². The number of aromatic nitrogens is 1. The number of nitrogens with zero attached hydrogens (tertiary/aromatic N) is 1. The van der Waals surface area contributed by atoms with Crippen LogP contribution in [0.5, 0.6) is 5.75 Å². The lowest BCUT2D eigenvalue weighted by molar-refractivity contribution is 0.0949. The quantitative estimate of drug-likeness (QED) is 0.647. The van der Waals surface area contributed by atoms with Crippen molar-refractivity contribution in [2.75, 3.05) is 25.5 Å². The molecule has 1 heterocycles. The lowest BCUT2D eigenvalue weighted by Gasteiger charge is -2.08.